The lowest BCUT2D eigenvalue weighted by molar-refractivity contribution is -0.140. The van der Waals surface area contributed by atoms with Crippen molar-refractivity contribution in [3.63, 3.8) is 0 Å². The van der Waals surface area contributed by atoms with Gasteiger partial charge in [-0.2, -0.15) is 0 Å². The molecule has 8 heteroatoms. The van der Waals surface area contributed by atoms with Gasteiger partial charge < -0.3 is 9.73 Å². The zero-order valence-corrected chi connectivity index (χ0v) is 19.5. The predicted octanol–water partition coefficient (Wildman–Crippen LogP) is 3.88. The molecule has 3 aromatic rings. The fraction of sp³-hybridized carbons (Fsp3) is 0.269. The van der Waals surface area contributed by atoms with E-state index in [4.69, 9.17) is 27.6 Å². The summed E-state index contributed by atoms with van der Waals surface area (Å²) in [6, 6.07) is 18.5. The van der Waals surface area contributed by atoms with Crippen LogP contribution < -0.4 is 5.32 Å². The lowest BCUT2D eigenvalue weighted by Crippen LogP contribution is -2.57. The van der Waals surface area contributed by atoms with Crippen molar-refractivity contribution in [3.05, 3.63) is 94.9 Å². The summed E-state index contributed by atoms with van der Waals surface area (Å²) in [4.78, 5) is 38.5. The minimum atomic E-state index is -1.21. The van der Waals surface area contributed by atoms with E-state index in [2.05, 4.69) is 5.32 Å². The van der Waals surface area contributed by atoms with E-state index in [-0.39, 0.29) is 25.4 Å². The molecule has 7 rings (SSSR count). The van der Waals surface area contributed by atoms with E-state index < -0.39 is 33.4 Å². The van der Waals surface area contributed by atoms with Gasteiger partial charge in [-0.3, -0.25) is 19.3 Å². The minimum Gasteiger partial charge on any atom is -0.467 e. The number of nitrogens with zero attached hydrogens (tertiary/aromatic N) is 1. The molecule has 1 aromatic heterocycles. The SMILES string of the molecule is O=C(CCN1C(=O)[C@H]2[C@H](C1=O)C1(Cl)c3ccccc3C2(Cl)c2ccccc21)NCc1ccco1. The fourth-order valence-electron chi connectivity index (χ4n) is 5.85. The third kappa shape index (κ3) is 2.67. The Kier molecular flexibility index (Phi) is 4.70. The zero-order valence-electron chi connectivity index (χ0n) is 18.0. The van der Waals surface area contributed by atoms with Crippen molar-refractivity contribution in [3.8, 4) is 0 Å². The lowest BCUT2D eigenvalue weighted by Gasteiger charge is -2.54. The standard InChI is InChI=1S/C26H20Cl2N2O4/c27-25-16-7-1-2-8-17(16)26(28,19-10-4-3-9-18(19)25)22-21(25)23(32)30(24(22)33)12-11-20(31)29-14-15-6-5-13-34-15/h1-10,13,21-22H,11-12,14H2,(H,29,31)/t21-,22-,25?,26?/m1/s1. The molecule has 2 aromatic carbocycles. The van der Waals surface area contributed by atoms with Crippen LogP contribution in [0.2, 0.25) is 0 Å². The third-order valence-electron chi connectivity index (χ3n) is 7.28. The lowest BCUT2D eigenvalue weighted by atomic mass is 9.54. The molecule has 3 amide bonds. The molecule has 34 heavy (non-hydrogen) atoms. The van der Waals surface area contributed by atoms with Gasteiger partial charge in [0.15, 0.2) is 0 Å². The number of halogens is 2. The first-order chi connectivity index (χ1) is 16.4. The summed E-state index contributed by atoms with van der Waals surface area (Å²) in [5.41, 5.74) is 3.02. The first-order valence-electron chi connectivity index (χ1n) is 11.1. The molecule has 0 saturated carbocycles. The van der Waals surface area contributed by atoms with Crippen LogP contribution in [0.15, 0.2) is 71.3 Å². The van der Waals surface area contributed by atoms with E-state index in [0.717, 1.165) is 27.2 Å². The van der Waals surface area contributed by atoms with Crippen molar-refractivity contribution < 1.29 is 18.8 Å². The summed E-state index contributed by atoms with van der Waals surface area (Å²) < 4.78 is 5.21. The van der Waals surface area contributed by atoms with E-state index in [1.54, 1.807) is 12.1 Å². The van der Waals surface area contributed by atoms with Crippen molar-refractivity contribution >= 4 is 40.9 Å². The van der Waals surface area contributed by atoms with Gasteiger partial charge in [0.25, 0.3) is 0 Å². The smallest absolute Gasteiger partial charge is 0.235 e. The number of benzene rings is 2. The summed E-state index contributed by atoms with van der Waals surface area (Å²) in [5, 5.41) is 2.74. The van der Waals surface area contributed by atoms with Gasteiger partial charge in [-0.15, -0.1) is 23.2 Å². The number of hydrogen-bond donors (Lipinski definition) is 1. The highest BCUT2D eigenvalue weighted by Gasteiger charge is 2.72. The van der Waals surface area contributed by atoms with Gasteiger partial charge in [0.2, 0.25) is 17.7 Å². The molecule has 0 radical (unpaired) electrons. The van der Waals surface area contributed by atoms with Crippen LogP contribution in [0.3, 0.4) is 0 Å². The van der Waals surface area contributed by atoms with E-state index in [1.807, 2.05) is 48.5 Å². The molecule has 2 heterocycles. The van der Waals surface area contributed by atoms with Crippen LogP contribution >= 0.6 is 23.2 Å². The predicted molar refractivity (Wildman–Crippen MR) is 125 cm³/mol. The Morgan fingerprint density at radius 1 is 0.853 bits per heavy atom. The Morgan fingerprint density at radius 2 is 1.35 bits per heavy atom. The highest BCUT2D eigenvalue weighted by molar-refractivity contribution is 6.36. The number of alkyl halides is 2. The maximum atomic E-state index is 13.7. The minimum absolute atomic E-state index is 0.0257. The topological polar surface area (TPSA) is 79.6 Å². The number of amides is 3. The van der Waals surface area contributed by atoms with Gasteiger partial charge in [-0.05, 0) is 34.4 Å². The van der Waals surface area contributed by atoms with Crippen LogP contribution in [0, 0.1) is 11.8 Å². The van der Waals surface area contributed by atoms with Gasteiger partial charge in [-0.25, -0.2) is 0 Å². The van der Waals surface area contributed by atoms with Crippen LogP contribution in [-0.4, -0.2) is 29.2 Å². The molecule has 1 aliphatic heterocycles. The van der Waals surface area contributed by atoms with Gasteiger partial charge in [0.1, 0.15) is 15.5 Å². The molecule has 4 aliphatic rings. The highest BCUT2D eigenvalue weighted by Crippen LogP contribution is 2.69. The maximum absolute atomic E-state index is 13.7. The second-order valence-corrected chi connectivity index (χ2v) is 10.1. The first-order valence-corrected chi connectivity index (χ1v) is 11.9. The maximum Gasteiger partial charge on any atom is 0.235 e. The summed E-state index contributed by atoms with van der Waals surface area (Å²) >= 11 is 14.7. The van der Waals surface area contributed by atoms with E-state index in [1.165, 1.54) is 6.26 Å². The number of imide groups is 1. The average Bonchev–Trinajstić information content (AvgIpc) is 3.46. The number of furan rings is 1. The molecule has 172 valence electrons. The summed E-state index contributed by atoms with van der Waals surface area (Å²) in [7, 11) is 0. The van der Waals surface area contributed by atoms with E-state index in [9.17, 15) is 14.4 Å². The molecule has 3 aliphatic carbocycles. The average molecular weight is 495 g/mol. The Labute approximate surface area is 205 Å². The number of carbonyl (C=O) groups is 3. The van der Waals surface area contributed by atoms with E-state index >= 15 is 0 Å². The molecular weight excluding hydrogens is 475 g/mol. The first kappa shape index (κ1) is 21.4. The second kappa shape index (κ2) is 7.45. The molecule has 0 unspecified atom stereocenters. The molecule has 6 nitrogen and oxygen atoms in total. The Morgan fingerprint density at radius 3 is 1.79 bits per heavy atom. The van der Waals surface area contributed by atoms with Gasteiger partial charge in [0, 0.05) is 13.0 Å². The Balaban J connectivity index is 1.34. The van der Waals surface area contributed by atoms with E-state index in [0.29, 0.717) is 5.76 Å². The van der Waals surface area contributed by atoms with Crippen LogP contribution in [0.4, 0.5) is 0 Å². The molecule has 1 fully saturated rings. The van der Waals surface area contributed by atoms with Crippen LogP contribution in [0.1, 0.15) is 34.4 Å². The van der Waals surface area contributed by atoms with Crippen molar-refractivity contribution in [2.75, 3.05) is 6.54 Å². The summed E-state index contributed by atoms with van der Waals surface area (Å²) in [5.74, 6) is -2.16. The van der Waals surface area contributed by atoms with Crippen molar-refractivity contribution in [2.45, 2.75) is 22.7 Å². The quantitative estimate of drug-likeness (QED) is 0.431. The molecule has 2 bridgehead atoms. The van der Waals surface area contributed by atoms with Crippen molar-refractivity contribution in [1.29, 1.82) is 0 Å². The molecule has 0 spiro atoms. The highest BCUT2D eigenvalue weighted by atomic mass is 35.5. The second-order valence-electron chi connectivity index (χ2n) is 8.90. The number of rotatable bonds is 5. The Hall–Kier alpha value is -3.09. The normalized spacial score (nSPS) is 28.5. The molecule has 2 atom stereocenters. The Bertz CT molecular complexity index is 1210. The van der Waals surface area contributed by atoms with Gasteiger partial charge >= 0.3 is 0 Å². The number of nitrogens with one attached hydrogen (secondary N) is 1. The number of likely N-dealkylation sites (tertiary alicyclic amines) is 1. The molecular formula is C26H20Cl2N2O4. The summed E-state index contributed by atoms with van der Waals surface area (Å²) in [6.45, 7) is 0.195. The van der Waals surface area contributed by atoms with Crippen LogP contribution in [0.5, 0.6) is 0 Å². The number of hydrogen-bond acceptors (Lipinski definition) is 4. The molecule has 1 N–H and O–H groups in total. The molecule has 1 saturated heterocycles. The van der Waals surface area contributed by atoms with Gasteiger partial charge in [0.05, 0.1) is 24.6 Å². The largest absolute Gasteiger partial charge is 0.467 e. The zero-order chi connectivity index (χ0) is 23.7. The van der Waals surface area contributed by atoms with Crippen LogP contribution in [0.25, 0.3) is 0 Å². The van der Waals surface area contributed by atoms with Crippen LogP contribution in [-0.2, 0) is 30.7 Å². The fourth-order valence-corrected chi connectivity index (χ4v) is 6.94. The third-order valence-corrected chi connectivity index (χ3v) is 8.56. The summed E-state index contributed by atoms with van der Waals surface area (Å²) in [6.07, 6.45) is 1.50. The van der Waals surface area contributed by atoms with Crippen molar-refractivity contribution in [1.82, 2.24) is 10.2 Å². The monoisotopic (exact) mass is 494 g/mol. The number of carbonyl (C=O) groups excluding carboxylic acids is 3. The van der Waals surface area contributed by atoms with Crippen molar-refractivity contribution in [2.24, 2.45) is 11.8 Å². The van der Waals surface area contributed by atoms with Gasteiger partial charge in [-0.1, -0.05) is 48.5 Å².